The number of allylic oxidation sites excluding steroid dienone is 1. The molecule has 0 saturated heterocycles. The van der Waals surface area contributed by atoms with Crippen LogP contribution in [0.1, 0.15) is 37.4 Å². The quantitative estimate of drug-likeness (QED) is 0.461. The van der Waals surface area contributed by atoms with E-state index in [4.69, 9.17) is 0 Å². The molecule has 168 valence electrons. The highest BCUT2D eigenvalue weighted by atomic mass is 79.9. The van der Waals surface area contributed by atoms with E-state index in [-0.39, 0.29) is 11.4 Å². The number of benzene rings is 2. The Hall–Kier alpha value is -2.70. The number of hydrogen-bond donors (Lipinski definition) is 1. The predicted molar refractivity (Wildman–Crippen MR) is 131 cm³/mol. The molecule has 2 aromatic carbocycles. The van der Waals surface area contributed by atoms with Crippen molar-refractivity contribution in [3.05, 3.63) is 87.6 Å². The molecule has 1 amide bonds. The molecule has 0 radical (unpaired) electrons. The second-order valence-electron chi connectivity index (χ2n) is 7.71. The lowest BCUT2D eigenvalue weighted by Crippen LogP contribution is -2.34. The normalized spacial score (nSPS) is 16.6. The molecule has 32 heavy (non-hydrogen) atoms. The molecule has 0 fully saturated rings. The van der Waals surface area contributed by atoms with Crippen molar-refractivity contribution in [3.8, 4) is 0 Å². The third kappa shape index (κ3) is 5.56. The van der Waals surface area contributed by atoms with Gasteiger partial charge in [-0.1, -0.05) is 78.3 Å². The fraction of sp³-hybridized carbons (Fsp3) is 0.308. The van der Waals surface area contributed by atoms with Crippen molar-refractivity contribution in [2.24, 2.45) is 0 Å². The molecule has 1 unspecified atom stereocenters. The first-order chi connectivity index (χ1) is 15.5. The Balaban J connectivity index is 1.90. The molecule has 0 aromatic heterocycles. The highest BCUT2D eigenvalue weighted by molar-refractivity contribution is 9.10. The number of carbonyl (C=O) groups is 2. The number of nitrogens with zero attached hydrogens (tertiary/aromatic N) is 2. The van der Waals surface area contributed by atoms with E-state index < -0.39 is 17.7 Å². The largest absolute Gasteiger partial charge is 0.503 e. The van der Waals surface area contributed by atoms with Crippen LogP contribution in [0.3, 0.4) is 0 Å². The smallest absolute Gasteiger partial charge is 0.290 e. The van der Waals surface area contributed by atoms with Gasteiger partial charge in [0.25, 0.3) is 5.91 Å². The van der Waals surface area contributed by atoms with Gasteiger partial charge in [0, 0.05) is 11.0 Å². The van der Waals surface area contributed by atoms with Crippen LogP contribution < -0.4 is 0 Å². The Morgan fingerprint density at radius 1 is 1.12 bits per heavy atom. The summed E-state index contributed by atoms with van der Waals surface area (Å²) in [4.78, 5) is 30.1. The van der Waals surface area contributed by atoms with E-state index in [9.17, 15) is 14.7 Å². The molecule has 6 heteroatoms. The molecule has 1 aliphatic rings. The summed E-state index contributed by atoms with van der Waals surface area (Å²) in [5, 5.41) is 10.7. The monoisotopic (exact) mass is 496 g/mol. The van der Waals surface area contributed by atoms with Crippen molar-refractivity contribution < 1.29 is 14.7 Å². The van der Waals surface area contributed by atoms with Gasteiger partial charge in [0.2, 0.25) is 0 Å². The second-order valence-corrected chi connectivity index (χ2v) is 8.62. The van der Waals surface area contributed by atoms with Crippen LogP contribution in [0.2, 0.25) is 0 Å². The van der Waals surface area contributed by atoms with Crippen LogP contribution in [0.15, 0.2) is 76.5 Å². The molecule has 5 nitrogen and oxygen atoms in total. The summed E-state index contributed by atoms with van der Waals surface area (Å²) >= 11 is 3.48. The highest BCUT2D eigenvalue weighted by Gasteiger charge is 2.42. The number of hydrogen-bond acceptors (Lipinski definition) is 4. The van der Waals surface area contributed by atoms with Gasteiger partial charge in [0.15, 0.2) is 11.5 Å². The highest BCUT2D eigenvalue weighted by Crippen LogP contribution is 2.38. The van der Waals surface area contributed by atoms with Crippen molar-refractivity contribution in [2.75, 3.05) is 26.2 Å². The minimum atomic E-state index is -0.621. The van der Waals surface area contributed by atoms with Gasteiger partial charge in [-0.2, -0.15) is 0 Å². The van der Waals surface area contributed by atoms with E-state index in [0.717, 1.165) is 41.7 Å². The fourth-order valence-electron chi connectivity index (χ4n) is 3.99. The molecular weight excluding hydrogens is 468 g/mol. The van der Waals surface area contributed by atoms with Gasteiger partial charge in [-0.05, 0) is 55.4 Å². The van der Waals surface area contributed by atoms with Crippen LogP contribution in [-0.4, -0.2) is 52.8 Å². The minimum absolute atomic E-state index is 0.128. The van der Waals surface area contributed by atoms with Gasteiger partial charge < -0.3 is 14.9 Å². The van der Waals surface area contributed by atoms with Crippen molar-refractivity contribution in [2.45, 2.75) is 26.3 Å². The number of rotatable bonds is 10. The minimum Gasteiger partial charge on any atom is -0.503 e. The van der Waals surface area contributed by atoms with Gasteiger partial charge in [-0.25, -0.2) is 0 Å². The number of amides is 1. The summed E-state index contributed by atoms with van der Waals surface area (Å²) in [7, 11) is 0. The first-order valence-corrected chi connectivity index (χ1v) is 11.7. The molecular formula is C26H29BrN2O3. The SMILES string of the molecule is CCN(CC)CCCN1C(=O)C(O)=C(C(=O)C=Cc2ccccc2)C1c1cccc(Br)c1. The van der Waals surface area contributed by atoms with Crippen LogP contribution in [0.5, 0.6) is 0 Å². The van der Waals surface area contributed by atoms with E-state index in [1.807, 2.05) is 54.6 Å². The molecule has 3 rings (SSSR count). The average molecular weight is 497 g/mol. The summed E-state index contributed by atoms with van der Waals surface area (Å²) in [5.41, 5.74) is 1.79. The second kappa shape index (κ2) is 11.2. The molecule has 1 aliphatic heterocycles. The van der Waals surface area contributed by atoms with Crippen molar-refractivity contribution in [1.82, 2.24) is 9.80 Å². The van der Waals surface area contributed by atoms with Gasteiger partial charge in [-0.3, -0.25) is 9.59 Å². The topological polar surface area (TPSA) is 60.9 Å². The molecule has 0 saturated carbocycles. The lowest BCUT2D eigenvalue weighted by Gasteiger charge is -2.28. The predicted octanol–water partition coefficient (Wildman–Crippen LogP) is 5.16. The van der Waals surface area contributed by atoms with Crippen LogP contribution in [0, 0.1) is 0 Å². The third-order valence-corrected chi connectivity index (χ3v) is 6.22. The fourth-order valence-corrected chi connectivity index (χ4v) is 4.41. The van der Waals surface area contributed by atoms with Crippen LogP contribution in [-0.2, 0) is 9.59 Å². The maximum atomic E-state index is 13.2. The Bertz CT molecular complexity index is 1010. The molecule has 0 bridgehead atoms. The van der Waals surface area contributed by atoms with Crippen LogP contribution in [0.25, 0.3) is 6.08 Å². The van der Waals surface area contributed by atoms with Gasteiger partial charge in [-0.15, -0.1) is 0 Å². The van der Waals surface area contributed by atoms with Gasteiger partial charge in [0.1, 0.15) is 0 Å². The Morgan fingerprint density at radius 3 is 2.50 bits per heavy atom. The summed E-state index contributed by atoms with van der Waals surface area (Å²) in [6.07, 6.45) is 3.89. The molecule has 2 aromatic rings. The lowest BCUT2D eigenvalue weighted by molar-refractivity contribution is -0.129. The summed E-state index contributed by atoms with van der Waals surface area (Å²) in [6, 6.07) is 16.4. The maximum absolute atomic E-state index is 13.2. The number of aliphatic hydroxyl groups is 1. The van der Waals surface area contributed by atoms with E-state index in [0.29, 0.717) is 6.54 Å². The molecule has 0 spiro atoms. The van der Waals surface area contributed by atoms with E-state index in [1.54, 1.807) is 11.0 Å². The summed E-state index contributed by atoms with van der Waals surface area (Å²) in [5.74, 6) is -1.32. The first-order valence-electron chi connectivity index (χ1n) is 11.0. The van der Waals surface area contributed by atoms with Gasteiger partial charge >= 0.3 is 0 Å². The van der Waals surface area contributed by atoms with Crippen molar-refractivity contribution >= 4 is 33.7 Å². The Kier molecular flexibility index (Phi) is 8.42. The number of carbonyl (C=O) groups excluding carboxylic acids is 2. The van der Waals surface area contributed by atoms with Crippen LogP contribution >= 0.6 is 15.9 Å². The zero-order chi connectivity index (χ0) is 23.1. The molecule has 0 aliphatic carbocycles. The van der Waals surface area contributed by atoms with E-state index >= 15 is 0 Å². The van der Waals surface area contributed by atoms with Gasteiger partial charge in [0.05, 0.1) is 11.6 Å². The Morgan fingerprint density at radius 2 is 1.84 bits per heavy atom. The van der Waals surface area contributed by atoms with Crippen LogP contribution in [0.4, 0.5) is 0 Å². The number of aliphatic hydroxyl groups excluding tert-OH is 1. The standard InChI is InChI=1S/C26H29BrN2O3/c1-3-28(4-2)16-9-17-29-24(20-12-8-13-21(27)18-20)23(25(31)26(29)32)22(30)15-14-19-10-6-5-7-11-19/h5-8,10-15,18,24,31H,3-4,9,16-17H2,1-2H3. The average Bonchev–Trinajstić information content (AvgIpc) is 3.06. The van der Waals surface area contributed by atoms with Crippen molar-refractivity contribution in [1.29, 1.82) is 0 Å². The molecule has 1 atom stereocenters. The summed E-state index contributed by atoms with van der Waals surface area (Å²) in [6.45, 7) is 7.40. The van der Waals surface area contributed by atoms with Crippen molar-refractivity contribution in [3.63, 3.8) is 0 Å². The zero-order valence-electron chi connectivity index (χ0n) is 18.5. The molecule has 1 N–H and O–H groups in total. The molecule has 1 heterocycles. The summed E-state index contributed by atoms with van der Waals surface area (Å²) < 4.78 is 0.851. The number of halogens is 1. The Labute approximate surface area is 198 Å². The third-order valence-electron chi connectivity index (χ3n) is 5.73. The first kappa shape index (κ1) is 24.0. The lowest BCUT2D eigenvalue weighted by atomic mass is 9.95. The maximum Gasteiger partial charge on any atom is 0.290 e. The number of ketones is 1. The van der Waals surface area contributed by atoms with E-state index in [1.165, 1.54) is 6.08 Å². The zero-order valence-corrected chi connectivity index (χ0v) is 20.1. The van der Waals surface area contributed by atoms with E-state index in [2.05, 4.69) is 34.7 Å².